The predicted octanol–water partition coefficient (Wildman–Crippen LogP) is 1.24. The number of nitrogens with two attached hydrogens (primary N) is 1. The number of rotatable bonds is 5. The van der Waals surface area contributed by atoms with Crippen molar-refractivity contribution < 1.29 is 23.9 Å². The van der Waals surface area contributed by atoms with Crippen LogP contribution in [0.4, 0.5) is 11.6 Å². The number of aliphatic imine (C=N–C) groups is 1. The summed E-state index contributed by atoms with van der Waals surface area (Å²) in [6, 6.07) is 11.3. The largest absolute Gasteiger partial charge is 0.857 e. The van der Waals surface area contributed by atoms with Crippen LogP contribution in [0.15, 0.2) is 52.1 Å². The number of benzene rings is 1. The highest BCUT2D eigenvalue weighted by molar-refractivity contribution is 7.21. The molecule has 4 heterocycles. The molecule has 1 aliphatic rings. The third-order valence-corrected chi connectivity index (χ3v) is 6.21. The highest BCUT2D eigenvalue weighted by atomic mass is 32.1. The molecule has 3 aromatic heterocycles. The van der Waals surface area contributed by atoms with Gasteiger partial charge in [-0.2, -0.15) is 0 Å². The van der Waals surface area contributed by atoms with Crippen molar-refractivity contribution in [3.8, 4) is 17.0 Å². The number of ether oxygens (including phenoxy) is 2. The molecular formula is C21H20N6O4S. The molecule has 1 fully saturated rings. The molecule has 5 rings (SSSR count). The van der Waals surface area contributed by atoms with Crippen molar-refractivity contribution in [1.29, 1.82) is 0 Å². The normalized spacial score (nSPS) is 14.8. The summed E-state index contributed by atoms with van der Waals surface area (Å²) in [4.78, 5) is 11.2. The molecule has 0 amide bonds. The summed E-state index contributed by atoms with van der Waals surface area (Å²) in [5, 5.41) is 19.4. The number of pyridine rings is 1. The summed E-state index contributed by atoms with van der Waals surface area (Å²) in [6.45, 7) is 2.57. The van der Waals surface area contributed by atoms with E-state index in [4.69, 9.17) is 19.7 Å². The lowest BCUT2D eigenvalue weighted by Gasteiger charge is -2.18. The molecule has 0 atom stereocenters. The maximum atomic E-state index is 12.8. The van der Waals surface area contributed by atoms with E-state index < -0.39 is 5.90 Å². The van der Waals surface area contributed by atoms with E-state index in [1.165, 1.54) is 16.1 Å². The molecule has 1 saturated heterocycles. The van der Waals surface area contributed by atoms with Gasteiger partial charge >= 0.3 is 5.88 Å². The Hall–Kier alpha value is -3.70. The Morgan fingerprint density at radius 1 is 1.22 bits per heavy atom. The molecule has 0 saturated carbocycles. The molecule has 0 radical (unpaired) electrons. The number of anilines is 1. The Balaban J connectivity index is 1.43. The van der Waals surface area contributed by atoms with E-state index in [-0.39, 0.29) is 5.88 Å². The summed E-state index contributed by atoms with van der Waals surface area (Å²) >= 11 is 1.20. The van der Waals surface area contributed by atoms with E-state index in [1.54, 1.807) is 13.3 Å². The van der Waals surface area contributed by atoms with Gasteiger partial charge in [0.1, 0.15) is 10.6 Å². The molecule has 164 valence electrons. The Labute approximate surface area is 187 Å². The number of fused-ring (bicyclic) bond motifs is 1. The third kappa shape index (κ3) is 3.83. The third-order valence-electron chi connectivity index (χ3n) is 5.11. The van der Waals surface area contributed by atoms with E-state index in [2.05, 4.69) is 15.2 Å². The van der Waals surface area contributed by atoms with Gasteiger partial charge in [-0.3, -0.25) is 4.52 Å². The smallest absolute Gasteiger partial charge is 0.324 e. The molecule has 0 aliphatic carbocycles. The van der Waals surface area contributed by atoms with Crippen LogP contribution in [0, 0.1) is 0 Å². The van der Waals surface area contributed by atoms with E-state index >= 15 is 0 Å². The van der Waals surface area contributed by atoms with Crippen LogP contribution in [0.3, 0.4) is 0 Å². The maximum Gasteiger partial charge on any atom is 0.324 e. The van der Waals surface area contributed by atoms with Crippen molar-refractivity contribution in [2.75, 3.05) is 44.2 Å². The molecule has 2 N–H and O–H groups in total. The second-order valence-corrected chi connectivity index (χ2v) is 8.07. The van der Waals surface area contributed by atoms with Gasteiger partial charge in [-0.1, -0.05) is 0 Å². The first-order valence-electron chi connectivity index (χ1n) is 9.93. The standard InChI is InChI=1S/C21H20N6O4S/c1-29-14-4-2-13(3-5-14)16-7-6-15-18(22)19(32-21(15)23-16)20(28)24-17-12-27(25-31-17)26-8-10-30-11-9-26/h2-7,12H,8-11H2,1H3,(H2-,22,24,25,28). The lowest BCUT2D eigenvalue weighted by atomic mass is 10.1. The van der Waals surface area contributed by atoms with Gasteiger partial charge in [-0.05, 0) is 36.4 Å². The van der Waals surface area contributed by atoms with E-state index in [9.17, 15) is 5.11 Å². The highest BCUT2D eigenvalue weighted by Crippen LogP contribution is 2.34. The molecule has 10 nitrogen and oxygen atoms in total. The topological polar surface area (TPSA) is 126 Å². The zero-order chi connectivity index (χ0) is 22.1. The Kier molecular flexibility index (Phi) is 5.33. The van der Waals surface area contributed by atoms with Crippen molar-refractivity contribution in [1.82, 2.24) is 10.3 Å². The fourth-order valence-electron chi connectivity index (χ4n) is 3.40. The van der Waals surface area contributed by atoms with Crippen molar-refractivity contribution in [3.63, 3.8) is 0 Å². The molecular weight excluding hydrogens is 432 g/mol. The number of nitrogen functional groups attached to an aromatic ring is 1. The second kappa shape index (κ2) is 8.44. The quantitative estimate of drug-likeness (QED) is 0.272. The molecule has 0 spiro atoms. The summed E-state index contributed by atoms with van der Waals surface area (Å²) in [5.74, 6) is 0.374. The fourth-order valence-corrected chi connectivity index (χ4v) is 4.38. The summed E-state index contributed by atoms with van der Waals surface area (Å²) < 4.78 is 15.7. The maximum absolute atomic E-state index is 12.8. The molecule has 11 heteroatoms. The van der Waals surface area contributed by atoms with Crippen LogP contribution in [0.25, 0.3) is 21.5 Å². The number of methoxy groups -OCH3 is 1. The number of hydrogen-bond acceptors (Lipinski definition) is 10. The fraction of sp³-hybridized carbons (Fsp3) is 0.238. The number of morpholine rings is 1. The van der Waals surface area contributed by atoms with Crippen LogP contribution in [0.2, 0.25) is 0 Å². The molecule has 0 unspecified atom stereocenters. The monoisotopic (exact) mass is 452 g/mol. The molecule has 1 aliphatic heterocycles. The summed E-state index contributed by atoms with van der Waals surface area (Å²) in [6.07, 6.45) is 1.56. The Bertz CT molecular complexity index is 1280. The van der Waals surface area contributed by atoms with Crippen molar-refractivity contribution in [2.24, 2.45) is 4.99 Å². The lowest BCUT2D eigenvalue weighted by Crippen LogP contribution is -2.62. The first-order chi connectivity index (χ1) is 15.6. The number of nitrogens with zero attached hydrogens (tertiary/aromatic N) is 5. The van der Waals surface area contributed by atoms with Crippen LogP contribution in [0.5, 0.6) is 5.75 Å². The number of thiophene rings is 1. The van der Waals surface area contributed by atoms with Gasteiger partial charge in [0.15, 0.2) is 0 Å². The highest BCUT2D eigenvalue weighted by Gasteiger charge is 2.23. The van der Waals surface area contributed by atoms with Crippen LogP contribution in [-0.2, 0) is 4.74 Å². The van der Waals surface area contributed by atoms with Crippen LogP contribution in [0.1, 0.15) is 4.88 Å². The van der Waals surface area contributed by atoms with E-state index in [1.807, 2.05) is 41.4 Å². The molecule has 0 bridgehead atoms. The van der Waals surface area contributed by atoms with Gasteiger partial charge in [0.2, 0.25) is 5.27 Å². The van der Waals surface area contributed by atoms with Gasteiger partial charge in [-0.25, -0.2) is 9.98 Å². The molecule has 32 heavy (non-hydrogen) atoms. The van der Waals surface area contributed by atoms with Gasteiger partial charge in [-0.15, -0.1) is 16.3 Å². The van der Waals surface area contributed by atoms with Crippen molar-refractivity contribution in [3.05, 3.63) is 47.5 Å². The average molecular weight is 452 g/mol. The van der Waals surface area contributed by atoms with E-state index in [0.29, 0.717) is 47.1 Å². The van der Waals surface area contributed by atoms with Gasteiger partial charge in [0, 0.05) is 16.8 Å². The van der Waals surface area contributed by atoms with Gasteiger partial charge in [0.05, 0.1) is 54.5 Å². The minimum atomic E-state index is -0.498. The van der Waals surface area contributed by atoms with Crippen LogP contribution < -0.4 is 25.4 Å². The SMILES string of the molecule is COc1ccc(-c2ccc3c(N)c(/C([O-])=N/c4c[n+](N5CCOCC5)no4)sc3n2)cc1. The Morgan fingerprint density at radius 3 is 2.75 bits per heavy atom. The minimum absolute atomic E-state index is 0.102. The number of hydrogen-bond donors (Lipinski definition) is 1. The van der Waals surface area contributed by atoms with Gasteiger partial charge in [0.25, 0.3) is 6.20 Å². The summed E-state index contributed by atoms with van der Waals surface area (Å²) in [7, 11) is 1.62. The van der Waals surface area contributed by atoms with E-state index in [0.717, 1.165) is 17.0 Å². The van der Waals surface area contributed by atoms with Crippen molar-refractivity contribution in [2.45, 2.75) is 0 Å². The molecule has 1 aromatic carbocycles. The average Bonchev–Trinajstić information content (AvgIpc) is 3.44. The van der Waals surface area contributed by atoms with Crippen LogP contribution in [-0.4, -0.2) is 49.6 Å². The van der Waals surface area contributed by atoms with Crippen LogP contribution >= 0.6 is 11.3 Å². The number of aromatic nitrogens is 3. The van der Waals surface area contributed by atoms with Crippen molar-refractivity contribution >= 4 is 39.0 Å². The zero-order valence-corrected chi connectivity index (χ0v) is 18.0. The van der Waals surface area contributed by atoms with Gasteiger partial charge < -0.3 is 20.3 Å². The first kappa shape index (κ1) is 20.2. The lowest BCUT2D eigenvalue weighted by molar-refractivity contribution is -0.759. The summed E-state index contributed by atoms with van der Waals surface area (Å²) in [5.41, 5.74) is 8.31. The minimum Gasteiger partial charge on any atom is -0.857 e. The molecule has 4 aromatic rings. The Morgan fingerprint density at radius 2 is 2.00 bits per heavy atom. The predicted molar refractivity (Wildman–Crippen MR) is 118 cm³/mol. The zero-order valence-electron chi connectivity index (χ0n) is 17.2. The first-order valence-corrected chi connectivity index (χ1v) is 10.7. The second-order valence-electron chi connectivity index (χ2n) is 7.07.